The van der Waals surface area contributed by atoms with E-state index in [1.54, 1.807) is 12.1 Å². The molecule has 0 bridgehead atoms. The van der Waals surface area contributed by atoms with Gasteiger partial charge in [-0.05, 0) is 55.5 Å². The van der Waals surface area contributed by atoms with Gasteiger partial charge in [0.15, 0.2) is 6.61 Å². The van der Waals surface area contributed by atoms with Crippen molar-refractivity contribution in [1.29, 1.82) is 0 Å². The monoisotopic (exact) mass is 407 g/mol. The first-order chi connectivity index (χ1) is 14.5. The summed E-state index contributed by atoms with van der Waals surface area (Å²) in [7, 11) is 0. The van der Waals surface area contributed by atoms with Crippen molar-refractivity contribution in [1.82, 2.24) is 5.32 Å². The third-order valence-electron chi connectivity index (χ3n) is 5.67. The Morgan fingerprint density at radius 3 is 2.90 bits per heavy atom. The van der Waals surface area contributed by atoms with Gasteiger partial charge >= 0.3 is 5.97 Å². The molecule has 30 heavy (non-hydrogen) atoms. The number of amides is 2. The molecule has 0 unspecified atom stereocenters. The van der Waals surface area contributed by atoms with Crippen LogP contribution < -0.4 is 15.5 Å². The highest BCUT2D eigenvalue weighted by Crippen LogP contribution is 2.37. The second kappa shape index (κ2) is 8.57. The summed E-state index contributed by atoms with van der Waals surface area (Å²) in [5, 5.41) is 5.64. The normalized spacial score (nSPS) is 17.0. The Balaban J connectivity index is 1.29. The molecule has 7 nitrogen and oxygen atoms in total. The molecule has 0 aliphatic carbocycles. The second-order valence-electron chi connectivity index (χ2n) is 7.68. The van der Waals surface area contributed by atoms with Gasteiger partial charge < -0.3 is 20.3 Å². The molecule has 4 rings (SSSR count). The summed E-state index contributed by atoms with van der Waals surface area (Å²) in [6.07, 6.45) is 2.53. The Bertz CT molecular complexity index is 988. The van der Waals surface area contributed by atoms with Crippen LogP contribution in [0.5, 0.6) is 0 Å². The van der Waals surface area contributed by atoms with Gasteiger partial charge in [-0.3, -0.25) is 9.59 Å². The van der Waals surface area contributed by atoms with E-state index < -0.39 is 5.97 Å². The zero-order chi connectivity index (χ0) is 21.1. The van der Waals surface area contributed by atoms with Crippen LogP contribution in [0.1, 0.15) is 34.3 Å². The van der Waals surface area contributed by atoms with Crippen LogP contribution in [-0.2, 0) is 20.7 Å². The van der Waals surface area contributed by atoms with Crippen molar-refractivity contribution in [3.8, 4) is 0 Å². The van der Waals surface area contributed by atoms with Crippen LogP contribution >= 0.6 is 0 Å². The number of fused-ring (bicyclic) bond motifs is 3. The highest BCUT2D eigenvalue weighted by Gasteiger charge is 2.36. The largest absolute Gasteiger partial charge is 0.452 e. The molecule has 1 saturated heterocycles. The van der Waals surface area contributed by atoms with Gasteiger partial charge in [-0.15, -0.1) is 0 Å². The van der Waals surface area contributed by atoms with Crippen LogP contribution in [-0.4, -0.2) is 43.5 Å². The summed E-state index contributed by atoms with van der Waals surface area (Å²) >= 11 is 0. The van der Waals surface area contributed by atoms with Crippen molar-refractivity contribution >= 4 is 29.2 Å². The first-order valence-electron chi connectivity index (χ1n) is 10.2. The van der Waals surface area contributed by atoms with E-state index in [0.717, 1.165) is 25.1 Å². The molecule has 0 radical (unpaired) electrons. The Labute approximate surface area is 175 Å². The number of nitrogens with one attached hydrogen (secondary N) is 2. The van der Waals surface area contributed by atoms with Crippen LogP contribution in [0.4, 0.5) is 11.4 Å². The number of anilines is 2. The van der Waals surface area contributed by atoms with Crippen LogP contribution in [0.25, 0.3) is 0 Å². The van der Waals surface area contributed by atoms with E-state index in [0.29, 0.717) is 24.2 Å². The van der Waals surface area contributed by atoms with Gasteiger partial charge in [0, 0.05) is 13.1 Å². The molecule has 0 aromatic heterocycles. The fourth-order valence-electron chi connectivity index (χ4n) is 4.05. The predicted octanol–water partition coefficient (Wildman–Crippen LogP) is 2.43. The van der Waals surface area contributed by atoms with E-state index in [2.05, 4.69) is 15.5 Å². The summed E-state index contributed by atoms with van der Waals surface area (Å²) in [6, 6.07) is 13.0. The Morgan fingerprint density at radius 2 is 2.07 bits per heavy atom. The number of ether oxygens (including phenoxy) is 1. The topological polar surface area (TPSA) is 87.7 Å². The van der Waals surface area contributed by atoms with Gasteiger partial charge in [0.1, 0.15) is 6.04 Å². The van der Waals surface area contributed by atoms with E-state index in [4.69, 9.17) is 4.74 Å². The van der Waals surface area contributed by atoms with Crippen molar-refractivity contribution in [2.75, 3.05) is 29.9 Å². The van der Waals surface area contributed by atoms with Gasteiger partial charge in [0.2, 0.25) is 5.91 Å². The number of esters is 1. The van der Waals surface area contributed by atoms with E-state index in [1.165, 1.54) is 11.1 Å². The average Bonchev–Trinajstić information content (AvgIpc) is 3.24. The molecule has 0 saturated carbocycles. The van der Waals surface area contributed by atoms with Crippen LogP contribution in [0, 0.1) is 6.92 Å². The van der Waals surface area contributed by atoms with Gasteiger partial charge in [-0.2, -0.15) is 0 Å². The molecular formula is C23H25N3O4. The van der Waals surface area contributed by atoms with Gasteiger partial charge in [-0.1, -0.05) is 24.3 Å². The fourth-order valence-corrected chi connectivity index (χ4v) is 4.05. The lowest BCUT2D eigenvalue weighted by molar-refractivity contribution is -0.124. The SMILES string of the molecule is Cc1ccccc1CCNC(=O)COC(=O)c1ccc2c(c1)NC(=O)[C@H]1CCCN21. The first-order valence-corrected chi connectivity index (χ1v) is 10.2. The van der Waals surface area contributed by atoms with E-state index in [9.17, 15) is 14.4 Å². The van der Waals surface area contributed by atoms with E-state index in [-0.39, 0.29) is 24.5 Å². The summed E-state index contributed by atoms with van der Waals surface area (Å²) in [5.74, 6) is -0.980. The second-order valence-corrected chi connectivity index (χ2v) is 7.68. The maximum absolute atomic E-state index is 12.4. The lowest BCUT2D eigenvalue weighted by atomic mass is 10.1. The molecule has 2 amide bonds. The molecular weight excluding hydrogens is 382 g/mol. The molecule has 1 fully saturated rings. The van der Waals surface area contributed by atoms with Gasteiger partial charge in [-0.25, -0.2) is 4.79 Å². The van der Waals surface area contributed by atoms with E-state index in [1.807, 2.05) is 37.3 Å². The fraction of sp³-hybridized carbons (Fsp3) is 0.348. The molecule has 0 spiro atoms. The smallest absolute Gasteiger partial charge is 0.338 e. The summed E-state index contributed by atoms with van der Waals surface area (Å²) < 4.78 is 5.14. The number of carbonyl (C=O) groups excluding carboxylic acids is 3. The zero-order valence-electron chi connectivity index (χ0n) is 16.9. The average molecular weight is 407 g/mol. The minimum Gasteiger partial charge on any atom is -0.452 e. The summed E-state index contributed by atoms with van der Waals surface area (Å²) in [5.41, 5.74) is 4.18. The maximum Gasteiger partial charge on any atom is 0.338 e. The highest BCUT2D eigenvalue weighted by atomic mass is 16.5. The Morgan fingerprint density at radius 1 is 1.23 bits per heavy atom. The minimum absolute atomic E-state index is 0.0430. The third kappa shape index (κ3) is 4.15. The van der Waals surface area contributed by atoms with Gasteiger partial charge in [0.05, 0.1) is 16.9 Å². The molecule has 2 aromatic rings. The highest BCUT2D eigenvalue weighted by molar-refractivity contribution is 6.05. The lowest BCUT2D eigenvalue weighted by Crippen LogP contribution is -2.43. The molecule has 1 atom stereocenters. The number of carbonyl (C=O) groups is 3. The van der Waals surface area contributed by atoms with Crippen molar-refractivity contribution in [3.63, 3.8) is 0 Å². The quantitative estimate of drug-likeness (QED) is 0.718. The number of hydrogen-bond acceptors (Lipinski definition) is 5. The number of aryl methyl sites for hydroxylation is 1. The lowest BCUT2D eigenvalue weighted by Gasteiger charge is -2.33. The molecule has 2 aromatic carbocycles. The van der Waals surface area contributed by atoms with Crippen LogP contribution in [0.15, 0.2) is 42.5 Å². The molecule has 2 heterocycles. The molecule has 2 aliphatic rings. The molecule has 2 N–H and O–H groups in total. The van der Waals surface area contributed by atoms with Crippen molar-refractivity contribution in [2.24, 2.45) is 0 Å². The van der Waals surface area contributed by atoms with Crippen LogP contribution in [0.3, 0.4) is 0 Å². The Kier molecular flexibility index (Phi) is 5.70. The van der Waals surface area contributed by atoms with Crippen LogP contribution in [0.2, 0.25) is 0 Å². The molecule has 2 aliphatic heterocycles. The predicted molar refractivity (Wildman–Crippen MR) is 114 cm³/mol. The number of hydrogen-bond donors (Lipinski definition) is 2. The standard InChI is InChI=1S/C23H25N3O4/c1-15-5-2-3-6-16(15)10-11-24-21(27)14-30-23(29)17-8-9-19-18(13-17)25-22(28)20-7-4-12-26(19)20/h2-3,5-6,8-9,13,20H,4,7,10-12,14H2,1H3,(H,24,27)(H,25,28)/t20-/m1/s1. The maximum atomic E-state index is 12.4. The Hall–Kier alpha value is -3.35. The summed E-state index contributed by atoms with van der Waals surface area (Å²) in [6.45, 7) is 2.99. The van der Waals surface area contributed by atoms with Crippen molar-refractivity contribution < 1.29 is 19.1 Å². The van der Waals surface area contributed by atoms with Crippen molar-refractivity contribution in [2.45, 2.75) is 32.2 Å². The third-order valence-corrected chi connectivity index (χ3v) is 5.67. The number of nitrogens with zero attached hydrogens (tertiary/aromatic N) is 1. The number of rotatable bonds is 6. The summed E-state index contributed by atoms with van der Waals surface area (Å²) in [4.78, 5) is 38.7. The van der Waals surface area contributed by atoms with E-state index >= 15 is 0 Å². The molecule has 7 heteroatoms. The zero-order valence-corrected chi connectivity index (χ0v) is 16.9. The van der Waals surface area contributed by atoms with Crippen molar-refractivity contribution in [3.05, 3.63) is 59.2 Å². The minimum atomic E-state index is -0.593. The molecule has 156 valence electrons. The van der Waals surface area contributed by atoms with Gasteiger partial charge in [0.25, 0.3) is 5.91 Å². The number of benzene rings is 2. The first kappa shape index (κ1) is 19.9.